The SMILES string of the molecule is O=C(NCCC1CCN(c2ccccn2)CC1c1ccc(F)cc1)Oc1ccc([N+](=O)[O-])cc1. The Morgan fingerprint density at radius 2 is 1.91 bits per heavy atom. The van der Waals surface area contributed by atoms with Gasteiger partial charge in [-0.2, -0.15) is 0 Å². The summed E-state index contributed by atoms with van der Waals surface area (Å²) in [4.78, 5) is 29.1. The summed E-state index contributed by atoms with van der Waals surface area (Å²) >= 11 is 0. The summed E-state index contributed by atoms with van der Waals surface area (Å²) in [6.07, 6.45) is 2.79. The monoisotopic (exact) mass is 464 g/mol. The number of nitro benzene ring substituents is 1. The first-order valence-electron chi connectivity index (χ1n) is 11.1. The Labute approximate surface area is 196 Å². The van der Waals surface area contributed by atoms with E-state index in [1.54, 1.807) is 6.20 Å². The number of anilines is 1. The zero-order valence-electron chi connectivity index (χ0n) is 18.5. The number of piperidine rings is 1. The van der Waals surface area contributed by atoms with Crippen LogP contribution in [0.15, 0.2) is 72.9 Å². The molecule has 0 aliphatic carbocycles. The molecule has 2 unspecified atom stereocenters. The predicted molar refractivity (Wildman–Crippen MR) is 125 cm³/mol. The standard InChI is InChI=1S/C25H25FN4O4/c26-20-6-4-18(5-7-20)23-17-29(24-3-1-2-14-27-24)16-13-19(23)12-15-28-25(31)34-22-10-8-21(9-11-22)30(32)33/h1-11,14,19,23H,12-13,15-17H2,(H,28,31). The van der Waals surface area contributed by atoms with Crippen molar-refractivity contribution in [2.45, 2.75) is 18.8 Å². The molecule has 0 bridgehead atoms. The summed E-state index contributed by atoms with van der Waals surface area (Å²) < 4.78 is 18.7. The summed E-state index contributed by atoms with van der Waals surface area (Å²) in [6.45, 7) is 2.00. The van der Waals surface area contributed by atoms with E-state index < -0.39 is 11.0 Å². The quantitative estimate of drug-likeness (QED) is 0.394. The van der Waals surface area contributed by atoms with Gasteiger partial charge < -0.3 is 15.0 Å². The zero-order chi connectivity index (χ0) is 23.9. The van der Waals surface area contributed by atoms with Gasteiger partial charge in [-0.05, 0) is 60.7 Å². The Bertz CT molecular complexity index is 1110. The highest BCUT2D eigenvalue weighted by Gasteiger charge is 2.31. The zero-order valence-corrected chi connectivity index (χ0v) is 18.5. The number of hydrogen-bond acceptors (Lipinski definition) is 6. The van der Waals surface area contributed by atoms with Crippen LogP contribution < -0.4 is 15.0 Å². The van der Waals surface area contributed by atoms with E-state index in [1.807, 2.05) is 30.3 Å². The largest absolute Gasteiger partial charge is 0.412 e. The van der Waals surface area contributed by atoms with Gasteiger partial charge in [0.15, 0.2) is 0 Å². The molecular formula is C25H25FN4O4. The van der Waals surface area contributed by atoms with E-state index in [2.05, 4.69) is 15.2 Å². The molecule has 0 spiro atoms. The van der Waals surface area contributed by atoms with E-state index >= 15 is 0 Å². The van der Waals surface area contributed by atoms with Crippen LogP contribution in [-0.4, -0.2) is 35.6 Å². The third-order valence-corrected chi connectivity index (χ3v) is 6.07. The summed E-state index contributed by atoms with van der Waals surface area (Å²) in [5.74, 6) is 1.32. The van der Waals surface area contributed by atoms with E-state index in [0.29, 0.717) is 6.54 Å². The summed E-state index contributed by atoms with van der Waals surface area (Å²) in [5, 5.41) is 13.5. The number of carbonyl (C=O) groups excluding carboxylic acids is 1. The maximum absolute atomic E-state index is 13.5. The van der Waals surface area contributed by atoms with Gasteiger partial charge in [0.05, 0.1) is 4.92 Å². The van der Waals surface area contributed by atoms with Crippen molar-refractivity contribution in [1.82, 2.24) is 10.3 Å². The van der Waals surface area contributed by atoms with Crippen LogP contribution in [0.25, 0.3) is 0 Å². The van der Waals surface area contributed by atoms with Gasteiger partial charge >= 0.3 is 6.09 Å². The number of non-ortho nitro benzene ring substituents is 1. The molecule has 4 rings (SSSR count). The lowest BCUT2D eigenvalue weighted by molar-refractivity contribution is -0.384. The summed E-state index contributed by atoms with van der Waals surface area (Å²) in [7, 11) is 0. The van der Waals surface area contributed by atoms with Crippen LogP contribution in [0.1, 0.15) is 24.3 Å². The number of halogens is 1. The van der Waals surface area contributed by atoms with E-state index in [-0.39, 0.29) is 29.1 Å². The van der Waals surface area contributed by atoms with E-state index in [9.17, 15) is 19.3 Å². The average Bonchev–Trinajstić information content (AvgIpc) is 2.85. The second-order valence-corrected chi connectivity index (χ2v) is 8.20. The van der Waals surface area contributed by atoms with Crippen LogP contribution in [0, 0.1) is 21.8 Å². The van der Waals surface area contributed by atoms with Crippen molar-refractivity contribution in [2.24, 2.45) is 5.92 Å². The van der Waals surface area contributed by atoms with Crippen LogP contribution in [-0.2, 0) is 0 Å². The molecule has 8 nitrogen and oxygen atoms in total. The van der Waals surface area contributed by atoms with Crippen LogP contribution in [0.3, 0.4) is 0 Å². The van der Waals surface area contributed by atoms with E-state index in [4.69, 9.17) is 4.74 Å². The predicted octanol–water partition coefficient (Wildman–Crippen LogP) is 4.92. The molecule has 1 saturated heterocycles. The molecule has 1 aromatic heterocycles. The van der Waals surface area contributed by atoms with Gasteiger partial charge in [-0.25, -0.2) is 14.2 Å². The lowest BCUT2D eigenvalue weighted by atomic mass is 9.79. The molecule has 1 fully saturated rings. The van der Waals surface area contributed by atoms with Crippen molar-refractivity contribution >= 4 is 17.6 Å². The highest BCUT2D eigenvalue weighted by Crippen LogP contribution is 2.36. The first-order valence-corrected chi connectivity index (χ1v) is 11.1. The number of carbonyl (C=O) groups is 1. The minimum Gasteiger partial charge on any atom is -0.410 e. The minimum absolute atomic E-state index is 0.0726. The molecule has 1 amide bonds. The van der Waals surface area contributed by atoms with Gasteiger partial charge in [-0.1, -0.05) is 18.2 Å². The number of benzene rings is 2. The fraction of sp³-hybridized carbons (Fsp3) is 0.280. The Morgan fingerprint density at radius 3 is 2.59 bits per heavy atom. The number of hydrogen-bond donors (Lipinski definition) is 1. The van der Waals surface area contributed by atoms with Gasteiger partial charge in [0.1, 0.15) is 17.4 Å². The number of rotatable bonds is 7. The van der Waals surface area contributed by atoms with Crippen molar-refractivity contribution in [3.8, 4) is 5.75 Å². The number of aromatic nitrogens is 1. The Kier molecular flexibility index (Phi) is 7.31. The molecule has 34 heavy (non-hydrogen) atoms. The minimum atomic E-state index is -0.613. The van der Waals surface area contributed by atoms with Crippen LogP contribution in [0.5, 0.6) is 5.75 Å². The van der Waals surface area contributed by atoms with Gasteiger partial charge in [0.25, 0.3) is 5.69 Å². The first-order chi connectivity index (χ1) is 16.5. The van der Waals surface area contributed by atoms with Gasteiger partial charge in [-0.3, -0.25) is 10.1 Å². The lowest BCUT2D eigenvalue weighted by Crippen LogP contribution is -2.41. The molecule has 1 N–H and O–H groups in total. The smallest absolute Gasteiger partial charge is 0.410 e. The average molecular weight is 464 g/mol. The summed E-state index contributed by atoms with van der Waals surface area (Å²) in [6, 6.07) is 17.8. The fourth-order valence-corrected chi connectivity index (χ4v) is 4.32. The second kappa shape index (κ2) is 10.7. The van der Waals surface area contributed by atoms with Crippen LogP contribution in [0.2, 0.25) is 0 Å². The molecule has 176 valence electrons. The molecule has 1 aliphatic heterocycles. The normalized spacial score (nSPS) is 17.7. The topological polar surface area (TPSA) is 97.6 Å². The number of pyridine rings is 1. The Hall–Kier alpha value is -4.01. The first kappa shape index (κ1) is 23.2. The fourth-order valence-electron chi connectivity index (χ4n) is 4.32. The highest BCUT2D eigenvalue weighted by atomic mass is 19.1. The van der Waals surface area contributed by atoms with Crippen molar-refractivity contribution in [1.29, 1.82) is 0 Å². The molecule has 1 aliphatic rings. The van der Waals surface area contributed by atoms with E-state index in [1.165, 1.54) is 36.4 Å². The summed E-state index contributed by atoms with van der Waals surface area (Å²) in [5.41, 5.74) is 0.983. The van der Waals surface area contributed by atoms with Crippen molar-refractivity contribution in [3.05, 3.63) is 94.4 Å². The van der Waals surface area contributed by atoms with Gasteiger partial charge in [-0.15, -0.1) is 0 Å². The Morgan fingerprint density at radius 1 is 1.15 bits per heavy atom. The third kappa shape index (κ3) is 5.86. The maximum atomic E-state index is 13.5. The molecule has 0 radical (unpaired) electrons. The Balaban J connectivity index is 1.36. The molecule has 2 aromatic carbocycles. The van der Waals surface area contributed by atoms with Crippen LogP contribution in [0.4, 0.5) is 20.7 Å². The second-order valence-electron chi connectivity index (χ2n) is 8.20. The maximum Gasteiger partial charge on any atom is 0.412 e. The molecule has 2 atom stereocenters. The number of amides is 1. The number of ether oxygens (including phenoxy) is 1. The molecule has 3 aromatic rings. The molecule has 9 heteroatoms. The molecular weight excluding hydrogens is 439 g/mol. The number of nitrogens with one attached hydrogen (secondary N) is 1. The van der Waals surface area contributed by atoms with Crippen LogP contribution >= 0.6 is 0 Å². The van der Waals surface area contributed by atoms with Crippen molar-refractivity contribution in [3.63, 3.8) is 0 Å². The van der Waals surface area contributed by atoms with Gasteiger partial charge in [0, 0.05) is 43.9 Å². The number of nitro groups is 1. The molecule has 0 saturated carbocycles. The van der Waals surface area contributed by atoms with Crippen molar-refractivity contribution < 1.29 is 18.8 Å². The lowest BCUT2D eigenvalue weighted by Gasteiger charge is -2.39. The van der Waals surface area contributed by atoms with Crippen molar-refractivity contribution in [2.75, 3.05) is 24.5 Å². The third-order valence-electron chi connectivity index (χ3n) is 6.07. The highest BCUT2D eigenvalue weighted by molar-refractivity contribution is 5.70. The van der Waals surface area contributed by atoms with Gasteiger partial charge in [0.2, 0.25) is 0 Å². The number of nitrogens with zero attached hydrogens (tertiary/aromatic N) is 3. The molecule has 2 heterocycles. The van der Waals surface area contributed by atoms with E-state index in [0.717, 1.165) is 37.3 Å².